The molecule has 0 aromatic heterocycles. The van der Waals surface area contributed by atoms with Crippen LogP contribution in [0.2, 0.25) is 0 Å². The summed E-state index contributed by atoms with van der Waals surface area (Å²) in [5.41, 5.74) is 1.38. The highest BCUT2D eigenvalue weighted by atomic mass is 16.1. The summed E-state index contributed by atoms with van der Waals surface area (Å²) < 4.78 is 0. The quantitative estimate of drug-likeness (QED) is 0.681. The molecule has 20 heavy (non-hydrogen) atoms. The molecule has 0 heterocycles. The van der Waals surface area contributed by atoms with Gasteiger partial charge in [-0.25, -0.2) is 0 Å². The second kappa shape index (κ2) is 9.54. The topological polar surface area (TPSA) is 41.1 Å². The summed E-state index contributed by atoms with van der Waals surface area (Å²) in [6.07, 6.45) is 2.63. The van der Waals surface area contributed by atoms with Crippen molar-refractivity contribution in [2.24, 2.45) is 0 Å². The average molecular weight is 276 g/mol. The average Bonchev–Trinajstić information content (AvgIpc) is 2.47. The standard InChI is InChI=1S/C17H28N2O/c1-4-15(3)19-17(20)11-13-18-12-10-14(2)16-8-6-5-7-9-16/h5-9,14-15,18H,4,10-13H2,1-3H3,(H,19,20). The highest BCUT2D eigenvalue weighted by molar-refractivity contribution is 5.76. The first-order valence-electron chi connectivity index (χ1n) is 7.68. The molecular formula is C17H28N2O. The number of benzene rings is 1. The molecule has 0 radical (unpaired) electrons. The summed E-state index contributed by atoms with van der Waals surface area (Å²) in [6, 6.07) is 10.8. The Balaban J connectivity index is 2.09. The van der Waals surface area contributed by atoms with Crippen LogP contribution in [0, 0.1) is 0 Å². The van der Waals surface area contributed by atoms with Crippen molar-refractivity contribution < 1.29 is 4.79 Å². The van der Waals surface area contributed by atoms with Gasteiger partial charge in [0, 0.05) is 19.0 Å². The van der Waals surface area contributed by atoms with Gasteiger partial charge < -0.3 is 10.6 Å². The minimum Gasteiger partial charge on any atom is -0.354 e. The van der Waals surface area contributed by atoms with E-state index in [0.29, 0.717) is 12.3 Å². The normalized spacial score (nSPS) is 13.8. The number of nitrogens with one attached hydrogen (secondary N) is 2. The molecule has 0 aliphatic rings. The Bertz CT molecular complexity index is 378. The summed E-state index contributed by atoms with van der Waals surface area (Å²) in [5, 5.41) is 6.32. The third-order valence-corrected chi connectivity index (χ3v) is 3.67. The van der Waals surface area contributed by atoms with Crippen molar-refractivity contribution in [3.63, 3.8) is 0 Å². The fourth-order valence-corrected chi connectivity index (χ4v) is 2.04. The molecule has 0 fully saturated rings. The predicted octanol–water partition coefficient (Wildman–Crippen LogP) is 3.07. The second-order valence-electron chi connectivity index (χ2n) is 5.48. The minimum absolute atomic E-state index is 0.142. The predicted molar refractivity (Wildman–Crippen MR) is 84.9 cm³/mol. The second-order valence-corrected chi connectivity index (χ2v) is 5.48. The van der Waals surface area contributed by atoms with Gasteiger partial charge in [0.2, 0.25) is 5.91 Å². The Morgan fingerprint density at radius 2 is 1.85 bits per heavy atom. The van der Waals surface area contributed by atoms with Crippen LogP contribution in [-0.2, 0) is 4.79 Å². The van der Waals surface area contributed by atoms with Crippen LogP contribution in [0.1, 0.15) is 51.5 Å². The fourth-order valence-electron chi connectivity index (χ4n) is 2.04. The molecule has 2 N–H and O–H groups in total. The summed E-state index contributed by atoms with van der Waals surface area (Å²) in [5.74, 6) is 0.695. The molecule has 1 aromatic carbocycles. The van der Waals surface area contributed by atoms with Gasteiger partial charge in [-0.2, -0.15) is 0 Å². The first-order valence-corrected chi connectivity index (χ1v) is 7.68. The summed E-state index contributed by atoms with van der Waals surface area (Å²) in [4.78, 5) is 11.6. The van der Waals surface area contributed by atoms with E-state index in [0.717, 1.165) is 25.9 Å². The maximum Gasteiger partial charge on any atom is 0.221 e. The van der Waals surface area contributed by atoms with E-state index in [4.69, 9.17) is 0 Å². The van der Waals surface area contributed by atoms with Gasteiger partial charge in [-0.3, -0.25) is 4.79 Å². The maximum atomic E-state index is 11.6. The van der Waals surface area contributed by atoms with Crippen molar-refractivity contribution in [2.75, 3.05) is 13.1 Å². The van der Waals surface area contributed by atoms with E-state index < -0.39 is 0 Å². The molecule has 3 heteroatoms. The van der Waals surface area contributed by atoms with Gasteiger partial charge in [0.15, 0.2) is 0 Å². The van der Waals surface area contributed by atoms with E-state index >= 15 is 0 Å². The van der Waals surface area contributed by atoms with Crippen LogP contribution in [0.15, 0.2) is 30.3 Å². The lowest BCUT2D eigenvalue weighted by Gasteiger charge is -2.13. The van der Waals surface area contributed by atoms with Crippen LogP contribution in [0.3, 0.4) is 0 Å². The van der Waals surface area contributed by atoms with Crippen LogP contribution >= 0.6 is 0 Å². The molecule has 0 saturated heterocycles. The Morgan fingerprint density at radius 3 is 2.50 bits per heavy atom. The van der Waals surface area contributed by atoms with E-state index in [1.165, 1.54) is 5.56 Å². The van der Waals surface area contributed by atoms with E-state index in [9.17, 15) is 4.79 Å². The third-order valence-electron chi connectivity index (χ3n) is 3.67. The number of carbonyl (C=O) groups is 1. The molecule has 0 spiro atoms. The van der Waals surface area contributed by atoms with Crippen molar-refractivity contribution in [3.8, 4) is 0 Å². The van der Waals surface area contributed by atoms with Crippen molar-refractivity contribution in [3.05, 3.63) is 35.9 Å². The number of hydrogen-bond donors (Lipinski definition) is 2. The Morgan fingerprint density at radius 1 is 1.15 bits per heavy atom. The zero-order chi connectivity index (χ0) is 14.8. The smallest absolute Gasteiger partial charge is 0.221 e. The van der Waals surface area contributed by atoms with Crippen molar-refractivity contribution in [1.29, 1.82) is 0 Å². The number of rotatable bonds is 9. The molecule has 1 aromatic rings. The van der Waals surface area contributed by atoms with Gasteiger partial charge in [-0.05, 0) is 37.8 Å². The number of hydrogen-bond acceptors (Lipinski definition) is 2. The van der Waals surface area contributed by atoms with Gasteiger partial charge >= 0.3 is 0 Å². The van der Waals surface area contributed by atoms with Crippen LogP contribution < -0.4 is 10.6 Å². The largest absolute Gasteiger partial charge is 0.354 e. The molecule has 0 aliphatic heterocycles. The lowest BCUT2D eigenvalue weighted by Crippen LogP contribution is -2.34. The minimum atomic E-state index is 0.142. The Labute approximate surface area is 123 Å². The van der Waals surface area contributed by atoms with Crippen molar-refractivity contribution >= 4 is 5.91 Å². The Kier molecular flexibility index (Phi) is 7.97. The first kappa shape index (κ1) is 16.7. The number of amides is 1. The molecule has 0 aliphatic carbocycles. The summed E-state index contributed by atoms with van der Waals surface area (Å²) >= 11 is 0. The van der Waals surface area contributed by atoms with E-state index in [1.54, 1.807) is 0 Å². The molecule has 3 nitrogen and oxygen atoms in total. The van der Waals surface area contributed by atoms with Crippen LogP contribution in [0.4, 0.5) is 0 Å². The zero-order valence-electron chi connectivity index (χ0n) is 13.0. The van der Waals surface area contributed by atoms with Gasteiger partial charge in [0.25, 0.3) is 0 Å². The van der Waals surface area contributed by atoms with Crippen LogP contribution in [0.5, 0.6) is 0 Å². The lowest BCUT2D eigenvalue weighted by molar-refractivity contribution is -0.121. The van der Waals surface area contributed by atoms with Gasteiger partial charge in [0.1, 0.15) is 0 Å². The number of carbonyl (C=O) groups excluding carboxylic acids is 1. The maximum absolute atomic E-state index is 11.6. The van der Waals surface area contributed by atoms with Gasteiger partial charge in [-0.1, -0.05) is 44.2 Å². The summed E-state index contributed by atoms with van der Waals surface area (Å²) in [6.45, 7) is 8.06. The third kappa shape index (κ3) is 6.71. The highest BCUT2D eigenvalue weighted by Gasteiger charge is 2.06. The molecular weight excluding hydrogens is 248 g/mol. The molecule has 112 valence electrons. The SMILES string of the molecule is CCC(C)NC(=O)CCNCCC(C)c1ccccc1. The summed E-state index contributed by atoms with van der Waals surface area (Å²) in [7, 11) is 0. The lowest BCUT2D eigenvalue weighted by atomic mass is 9.98. The molecule has 1 rings (SSSR count). The van der Waals surface area contributed by atoms with Crippen molar-refractivity contribution in [2.45, 2.75) is 52.0 Å². The zero-order valence-corrected chi connectivity index (χ0v) is 13.0. The first-order chi connectivity index (χ1) is 9.63. The molecule has 1 amide bonds. The van der Waals surface area contributed by atoms with Gasteiger partial charge in [-0.15, -0.1) is 0 Å². The van der Waals surface area contributed by atoms with Crippen LogP contribution in [-0.4, -0.2) is 25.0 Å². The van der Waals surface area contributed by atoms with E-state index in [2.05, 4.69) is 48.7 Å². The highest BCUT2D eigenvalue weighted by Crippen LogP contribution is 2.17. The Hall–Kier alpha value is -1.35. The molecule has 0 saturated carbocycles. The van der Waals surface area contributed by atoms with E-state index in [-0.39, 0.29) is 11.9 Å². The van der Waals surface area contributed by atoms with Crippen molar-refractivity contribution in [1.82, 2.24) is 10.6 Å². The van der Waals surface area contributed by atoms with E-state index in [1.807, 2.05) is 13.0 Å². The molecule has 2 atom stereocenters. The molecule has 0 bridgehead atoms. The monoisotopic (exact) mass is 276 g/mol. The molecule has 2 unspecified atom stereocenters. The van der Waals surface area contributed by atoms with Gasteiger partial charge in [0.05, 0.1) is 0 Å². The van der Waals surface area contributed by atoms with Crippen LogP contribution in [0.25, 0.3) is 0 Å². The fraction of sp³-hybridized carbons (Fsp3) is 0.588.